The number of carbonyl (C=O) groups excluding carboxylic acids is 1. The van der Waals surface area contributed by atoms with Crippen molar-refractivity contribution in [2.75, 3.05) is 7.11 Å². The van der Waals surface area contributed by atoms with Crippen LogP contribution in [0.2, 0.25) is 0 Å². The van der Waals surface area contributed by atoms with E-state index in [1.54, 1.807) is 19.2 Å². The van der Waals surface area contributed by atoms with Crippen LogP contribution < -0.4 is 10.1 Å². The smallest absolute Gasteiger partial charge is 0.227 e. The van der Waals surface area contributed by atoms with Gasteiger partial charge in [0.25, 0.3) is 0 Å². The Morgan fingerprint density at radius 1 is 0.923 bits per heavy atom. The van der Waals surface area contributed by atoms with Gasteiger partial charge in [0.1, 0.15) is 11.6 Å². The molecule has 3 aromatic carbocycles. The molecule has 26 heavy (non-hydrogen) atoms. The fraction of sp³-hybridized carbons (Fsp3) is 0.227. The zero-order valence-electron chi connectivity index (χ0n) is 15.1. The molecule has 3 aromatic rings. The molecule has 2 atom stereocenters. The number of fused-ring (bicyclic) bond motifs is 1. The van der Waals surface area contributed by atoms with Crippen LogP contribution in [0, 0.1) is 5.82 Å². The minimum Gasteiger partial charge on any atom is -0.497 e. The minimum atomic E-state index is -0.288. The average Bonchev–Trinajstić information content (AvgIpc) is 2.66. The number of carbonyl (C=O) groups is 1. The predicted molar refractivity (Wildman–Crippen MR) is 102 cm³/mol. The van der Waals surface area contributed by atoms with Crippen molar-refractivity contribution in [3.8, 4) is 5.75 Å². The van der Waals surface area contributed by atoms with E-state index in [1.165, 1.54) is 12.1 Å². The highest BCUT2D eigenvalue weighted by Gasteiger charge is 2.18. The first-order valence-corrected chi connectivity index (χ1v) is 8.61. The standard InChI is InChI=1S/C22H22FNO2/c1-14(22(25)24-15(2)16-6-9-20(23)10-7-16)17-4-5-19-13-21(26-3)11-8-18(19)12-17/h4-15H,1-3H3,(H,24,25)/t14-,15-/m1/s1. The summed E-state index contributed by atoms with van der Waals surface area (Å²) in [5, 5.41) is 5.13. The molecule has 0 fully saturated rings. The molecule has 0 spiro atoms. The normalized spacial score (nSPS) is 13.2. The van der Waals surface area contributed by atoms with E-state index in [0.29, 0.717) is 0 Å². The van der Waals surface area contributed by atoms with Crippen LogP contribution in [0.25, 0.3) is 10.8 Å². The summed E-state index contributed by atoms with van der Waals surface area (Å²) in [5.74, 6) is 0.177. The molecule has 0 bridgehead atoms. The second kappa shape index (κ2) is 7.56. The Morgan fingerprint density at radius 3 is 2.23 bits per heavy atom. The number of ether oxygens (including phenoxy) is 1. The van der Waals surface area contributed by atoms with Gasteiger partial charge in [0, 0.05) is 0 Å². The summed E-state index contributed by atoms with van der Waals surface area (Å²) >= 11 is 0. The maximum Gasteiger partial charge on any atom is 0.227 e. The number of halogens is 1. The van der Waals surface area contributed by atoms with Gasteiger partial charge < -0.3 is 10.1 Å². The lowest BCUT2D eigenvalue weighted by Gasteiger charge is -2.18. The lowest BCUT2D eigenvalue weighted by molar-refractivity contribution is -0.122. The number of benzene rings is 3. The van der Waals surface area contributed by atoms with E-state index in [0.717, 1.165) is 27.6 Å². The first-order valence-electron chi connectivity index (χ1n) is 8.61. The fourth-order valence-corrected chi connectivity index (χ4v) is 2.96. The molecule has 0 unspecified atom stereocenters. The topological polar surface area (TPSA) is 38.3 Å². The van der Waals surface area contributed by atoms with Gasteiger partial charge in [-0.1, -0.05) is 36.4 Å². The molecule has 0 heterocycles. The minimum absolute atomic E-state index is 0.0605. The number of rotatable bonds is 5. The van der Waals surface area contributed by atoms with Crippen LogP contribution >= 0.6 is 0 Å². The molecular weight excluding hydrogens is 329 g/mol. The van der Waals surface area contributed by atoms with Gasteiger partial charge in [0.2, 0.25) is 5.91 Å². The van der Waals surface area contributed by atoms with Crippen molar-refractivity contribution in [3.63, 3.8) is 0 Å². The van der Waals surface area contributed by atoms with E-state index >= 15 is 0 Å². The lowest BCUT2D eigenvalue weighted by atomic mass is 9.96. The Balaban J connectivity index is 1.75. The Labute approximate surface area is 152 Å². The molecule has 1 N–H and O–H groups in total. The van der Waals surface area contributed by atoms with Gasteiger partial charge in [-0.25, -0.2) is 4.39 Å². The molecule has 0 aliphatic heterocycles. The van der Waals surface area contributed by atoms with Crippen LogP contribution in [0.15, 0.2) is 60.7 Å². The monoisotopic (exact) mass is 351 g/mol. The van der Waals surface area contributed by atoms with Crippen molar-refractivity contribution in [3.05, 3.63) is 77.6 Å². The van der Waals surface area contributed by atoms with E-state index in [-0.39, 0.29) is 23.7 Å². The van der Waals surface area contributed by atoms with Crippen molar-refractivity contribution >= 4 is 16.7 Å². The molecule has 0 saturated carbocycles. The first-order chi connectivity index (χ1) is 12.5. The lowest BCUT2D eigenvalue weighted by Crippen LogP contribution is -2.30. The molecule has 0 aromatic heterocycles. The van der Waals surface area contributed by atoms with Crippen LogP contribution in [0.1, 0.15) is 36.9 Å². The maximum absolute atomic E-state index is 13.0. The SMILES string of the molecule is COc1ccc2cc([C@@H](C)C(=O)N[C@H](C)c3ccc(F)cc3)ccc2c1. The summed E-state index contributed by atoms with van der Waals surface area (Å²) in [6.07, 6.45) is 0. The summed E-state index contributed by atoms with van der Waals surface area (Å²) in [5.41, 5.74) is 1.82. The van der Waals surface area contributed by atoms with E-state index < -0.39 is 0 Å². The first kappa shape index (κ1) is 17.9. The van der Waals surface area contributed by atoms with Crippen LogP contribution in [0.5, 0.6) is 5.75 Å². The van der Waals surface area contributed by atoms with Crippen molar-refractivity contribution in [1.82, 2.24) is 5.32 Å². The number of amides is 1. The zero-order valence-corrected chi connectivity index (χ0v) is 15.1. The fourth-order valence-electron chi connectivity index (χ4n) is 2.96. The third-order valence-corrected chi connectivity index (χ3v) is 4.69. The number of hydrogen-bond acceptors (Lipinski definition) is 2. The predicted octanol–water partition coefficient (Wildman–Crippen LogP) is 4.97. The van der Waals surface area contributed by atoms with Crippen LogP contribution in [-0.4, -0.2) is 13.0 Å². The van der Waals surface area contributed by atoms with Crippen molar-refractivity contribution in [2.24, 2.45) is 0 Å². The van der Waals surface area contributed by atoms with Crippen LogP contribution in [0.4, 0.5) is 4.39 Å². The Morgan fingerprint density at radius 2 is 1.54 bits per heavy atom. The second-order valence-electron chi connectivity index (χ2n) is 6.48. The van der Waals surface area contributed by atoms with Crippen molar-refractivity contribution in [2.45, 2.75) is 25.8 Å². The molecule has 1 amide bonds. The van der Waals surface area contributed by atoms with Crippen molar-refractivity contribution < 1.29 is 13.9 Å². The average molecular weight is 351 g/mol. The molecule has 4 heteroatoms. The molecule has 0 aliphatic carbocycles. The largest absolute Gasteiger partial charge is 0.497 e. The third kappa shape index (κ3) is 3.85. The molecule has 3 rings (SSSR count). The Bertz CT molecular complexity index is 921. The summed E-state index contributed by atoms with van der Waals surface area (Å²) in [6, 6.07) is 17.9. The van der Waals surface area contributed by atoms with E-state index in [2.05, 4.69) is 5.32 Å². The van der Waals surface area contributed by atoms with E-state index in [1.807, 2.05) is 50.2 Å². The highest BCUT2D eigenvalue weighted by molar-refractivity contribution is 5.88. The molecule has 0 saturated heterocycles. The summed E-state index contributed by atoms with van der Waals surface area (Å²) in [7, 11) is 1.64. The van der Waals surface area contributed by atoms with Gasteiger partial charge >= 0.3 is 0 Å². The van der Waals surface area contributed by atoms with Gasteiger partial charge in [-0.2, -0.15) is 0 Å². The van der Waals surface area contributed by atoms with Crippen LogP contribution in [-0.2, 0) is 4.79 Å². The molecule has 3 nitrogen and oxygen atoms in total. The quantitative estimate of drug-likeness (QED) is 0.705. The molecule has 134 valence electrons. The van der Waals surface area contributed by atoms with Gasteiger partial charge in [-0.15, -0.1) is 0 Å². The summed E-state index contributed by atoms with van der Waals surface area (Å²) in [6.45, 7) is 3.78. The van der Waals surface area contributed by atoms with Crippen LogP contribution in [0.3, 0.4) is 0 Å². The van der Waals surface area contributed by atoms with Gasteiger partial charge in [-0.3, -0.25) is 4.79 Å². The van der Waals surface area contributed by atoms with Gasteiger partial charge in [-0.05, 0) is 60.0 Å². The Hall–Kier alpha value is -2.88. The molecule has 0 aliphatic rings. The molecular formula is C22H22FNO2. The second-order valence-corrected chi connectivity index (χ2v) is 6.48. The number of methoxy groups -OCH3 is 1. The molecule has 0 radical (unpaired) electrons. The van der Waals surface area contributed by atoms with E-state index in [4.69, 9.17) is 4.74 Å². The number of hydrogen-bond donors (Lipinski definition) is 1. The van der Waals surface area contributed by atoms with E-state index in [9.17, 15) is 9.18 Å². The van der Waals surface area contributed by atoms with Gasteiger partial charge in [0.05, 0.1) is 19.1 Å². The number of nitrogens with one attached hydrogen (secondary N) is 1. The highest BCUT2D eigenvalue weighted by Crippen LogP contribution is 2.26. The maximum atomic E-state index is 13.0. The summed E-state index contributed by atoms with van der Waals surface area (Å²) in [4.78, 5) is 12.6. The highest BCUT2D eigenvalue weighted by atomic mass is 19.1. The Kier molecular flexibility index (Phi) is 5.21. The zero-order chi connectivity index (χ0) is 18.7. The van der Waals surface area contributed by atoms with Gasteiger partial charge in [0.15, 0.2) is 0 Å². The summed E-state index contributed by atoms with van der Waals surface area (Å²) < 4.78 is 18.3. The third-order valence-electron chi connectivity index (χ3n) is 4.69. The van der Waals surface area contributed by atoms with Crippen molar-refractivity contribution in [1.29, 1.82) is 0 Å².